The summed E-state index contributed by atoms with van der Waals surface area (Å²) in [4.78, 5) is 6.43. The van der Waals surface area contributed by atoms with Gasteiger partial charge in [0.25, 0.3) is 0 Å². The van der Waals surface area contributed by atoms with Gasteiger partial charge in [0.05, 0.1) is 27.4 Å². The lowest BCUT2D eigenvalue weighted by atomic mass is 10.1. The molecule has 1 unspecified atom stereocenters. The van der Waals surface area contributed by atoms with E-state index in [0.717, 1.165) is 68.8 Å². The first-order chi connectivity index (χ1) is 13.2. The molecule has 0 aliphatic carbocycles. The zero-order chi connectivity index (χ0) is 19.5. The normalized spacial score (nSPS) is 16.4. The Morgan fingerprint density at radius 3 is 2.79 bits per heavy atom. The van der Waals surface area contributed by atoms with Crippen molar-refractivity contribution < 1.29 is 18.9 Å². The number of hydrogen-bond donors (Lipinski definition) is 1. The largest absolute Gasteiger partial charge is 0.497 e. The van der Waals surface area contributed by atoms with E-state index in [4.69, 9.17) is 18.9 Å². The lowest BCUT2D eigenvalue weighted by Crippen LogP contribution is -2.39. The Morgan fingerprint density at radius 1 is 1.32 bits per heavy atom. The molecule has 160 valence electrons. The first kappa shape index (κ1) is 24.8. The molecule has 0 spiro atoms. The molecule has 28 heavy (non-hydrogen) atoms. The summed E-state index contributed by atoms with van der Waals surface area (Å²) in [7, 11) is 7.12. The highest BCUT2D eigenvalue weighted by Gasteiger charge is 2.15. The third-order valence-electron chi connectivity index (χ3n) is 4.60. The zero-order valence-corrected chi connectivity index (χ0v) is 19.7. The number of nitrogens with zero attached hydrogens (tertiary/aromatic N) is 2. The van der Waals surface area contributed by atoms with Crippen molar-refractivity contribution in [3.8, 4) is 11.5 Å². The first-order valence-electron chi connectivity index (χ1n) is 9.46. The molecular formula is C20H34IN3O4. The Labute approximate surface area is 185 Å². The minimum Gasteiger partial charge on any atom is -0.497 e. The summed E-state index contributed by atoms with van der Waals surface area (Å²) < 4.78 is 21.8. The summed E-state index contributed by atoms with van der Waals surface area (Å²) >= 11 is 0. The fourth-order valence-corrected chi connectivity index (χ4v) is 3.04. The highest BCUT2D eigenvalue weighted by molar-refractivity contribution is 14.0. The number of rotatable bonds is 10. The fourth-order valence-electron chi connectivity index (χ4n) is 3.04. The van der Waals surface area contributed by atoms with Crippen LogP contribution in [0.1, 0.15) is 18.4 Å². The average molecular weight is 507 g/mol. The number of nitrogens with one attached hydrogen (secondary N) is 1. The van der Waals surface area contributed by atoms with Gasteiger partial charge in [-0.05, 0) is 25.0 Å². The van der Waals surface area contributed by atoms with E-state index in [1.54, 1.807) is 21.3 Å². The smallest absolute Gasteiger partial charge is 0.193 e. The van der Waals surface area contributed by atoms with E-state index >= 15 is 0 Å². The van der Waals surface area contributed by atoms with Crippen LogP contribution in [0, 0.1) is 5.92 Å². The SMILES string of the molecule is CN=C(NCCCOCC1CCOC1)N(C)Cc1ccc(OC)cc1OC.I. The van der Waals surface area contributed by atoms with E-state index in [2.05, 4.69) is 15.2 Å². The van der Waals surface area contributed by atoms with Gasteiger partial charge in [-0.15, -0.1) is 24.0 Å². The molecule has 0 bridgehead atoms. The monoisotopic (exact) mass is 507 g/mol. The molecule has 1 aliphatic heterocycles. The predicted molar refractivity (Wildman–Crippen MR) is 122 cm³/mol. The van der Waals surface area contributed by atoms with Crippen LogP contribution in [0.15, 0.2) is 23.2 Å². The fraction of sp³-hybridized carbons (Fsp3) is 0.650. The summed E-state index contributed by atoms with van der Waals surface area (Å²) in [5, 5.41) is 3.38. The van der Waals surface area contributed by atoms with Crippen LogP contribution in [0.4, 0.5) is 0 Å². The Balaban J connectivity index is 0.00000392. The molecule has 0 saturated carbocycles. The molecule has 2 rings (SSSR count). The van der Waals surface area contributed by atoms with Crippen LogP contribution < -0.4 is 14.8 Å². The Kier molecular flexibility index (Phi) is 12.2. The van der Waals surface area contributed by atoms with Gasteiger partial charge in [-0.1, -0.05) is 0 Å². The van der Waals surface area contributed by atoms with Crippen LogP contribution >= 0.6 is 24.0 Å². The molecule has 1 heterocycles. The molecule has 1 atom stereocenters. The molecule has 0 aromatic heterocycles. The number of ether oxygens (including phenoxy) is 4. The van der Waals surface area contributed by atoms with Gasteiger partial charge in [-0.25, -0.2) is 0 Å². The minimum atomic E-state index is 0. The molecule has 1 aliphatic rings. The van der Waals surface area contributed by atoms with Crippen LogP contribution in [-0.2, 0) is 16.0 Å². The lowest BCUT2D eigenvalue weighted by Gasteiger charge is -2.23. The van der Waals surface area contributed by atoms with E-state index in [-0.39, 0.29) is 24.0 Å². The molecule has 1 N–H and O–H groups in total. The van der Waals surface area contributed by atoms with E-state index in [9.17, 15) is 0 Å². The second-order valence-corrected chi connectivity index (χ2v) is 6.67. The van der Waals surface area contributed by atoms with Crippen molar-refractivity contribution in [1.82, 2.24) is 10.2 Å². The van der Waals surface area contributed by atoms with Gasteiger partial charge < -0.3 is 29.2 Å². The molecule has 1 saturated heterocycles. The van der Waals surface area contributed by atoms with Gasteiger partial charge in [0.15, 0.2) is 5.96 Å². The van der Waals surface area contributed by atoms with Crippen molar-refractivity contribution in [2.24, 2.45) is 10.9 Å². The number of methoxy groups -OCH3 is 2. The molecule has 1 aromatic carbocycles. The Bertz CT molecular complexity index is 595. The van der Waals surface area contributed by atoms with Crippen molar-refractivity contribution >= 4 is 29.9 Å². The highest BCUT2D eigenvalue weighted by Crippen LogP contribution is 2.25. The van der Waals surface area contributed by atoms with Crippen LogP contribution in [-0.4, -0.2) is 72.1 Å². The van der Waals surface area contributed by atoms with Crippen molar-refractivity contribution in [3.05, 3.63) is 23.8 Å². The highest BCUT2D eigenvalue weighted by atomic mass is 127. The van der Waals surface area contributed by atoms with E-state index in [1.165, 1.54) is 0 Å². The van der Waals surface area contributed by atoms with Crippen molar-refractivity contribution in [1.29, 1.82) is 0 Å². The average Bonchev–Trinajstić information content (AvgIpc) is 3.21. The third kappa shape index (κ3) is 8.00. The first-order valence-corrected chi connectivity index (χ1v) is 9.46. The summed E-state index contributed by atoms with van der Waals surface area (Å²) in [6.07, 6.45) is 2.05. The number of benzene rings is 1. The standard InChI is InChI=1S/C20H33N3O4.HI/c1-21-20(22-9-5-10-26-14-16-8-11-27-15-16)23(2)13-17-6-7-18(24-3)12-19(17)25-4;/h6-7,12,16H,5,8-11,13-15H2,1-4H3,(H,21,22);1H. The van der Waals surface area contributed by atoms with Crippen molar-refractivity contribution in [2.45, 2.75) is 19.4 Å². The lowest BCUT2D eigenvalue weighted by molar-refractivity contribution is 0.0887. The Morgan fingerprint density at radius 2 is 2.14 bits per heavy atom. The zero-order valence-electron chi connectivity index (χ0n) is 17.4. The van der Waals surface area contributed by atoms with Gasteiger partial charge in [0.1, 0.15) is 11.5 Å². The van der Waals surface area contributed by atoms with E-state index in [1.807, 2.05) is 25.2 Å². The summed E-state index contributed by atoms with van der Waals surface area (Å²) in [5.41, 5.74) is 1.07. The quantitative estimate of drug-likeness (QED) is 0.228. The van der Waals surface area contributed by atoms with Crippen molar-refractivity contribution in [2.75, 3.05) is 61.3 Å². The number of halogens is 1. The number of aliphatic imine (C=N–C) groups is 1. The second kappa shape index (κ2) is 13.8. The molecule has 8 heteroatoms. The molecule has 0 radical (unpaired) electrons. The summed E-state index contributed by atoms with van der Waals surface area (Å²) in [6.45, 7) is 4.76. The molecule has 0 amide bonds. The van der Waals surface area contributed by atoms with Gasteiger partial charge in [-0.2, -0.15) is 0 Å². The van der Waals surface area contributed by atoms with E-state index in [0.29, 0.717) is 12.5 Å². The topological polar surface area (TPSA) is 64.6 Å². The molecule has 1 fully saturated rings. The van der Waals surface area contributed by atoms with Gasteiger partial charge in [0, 0.05) is 57.9 Å². The molecule has 1 aromatic rings. The van der Waals surface area contributed by atoms with Crippen LogP contribution in [0.5, 0.6) is 11.5 Å². The van der Waals surface area contributed by atoms with Crippen LogP contribution in [0.25, 0.3) is 0 Å². The van der Waals surface area contributed by atoms with Gasteiger partial charge in [-0.3, -0.25) is 4.99 Å². The number of hydrogen-bond acceptors (Lipinski definition) is 5. The van der Waals surface area contributed by atoms with Crippen LogP contribution in [0.2, 0.25) is 0 Å². The third-order valence-corrected chi connectivity index (χ3v) is 4.60. The number of guanidine groups is 1. The van der Waals surface area contributed by atoms with Gasteiger partial charge >= 0.3 is 0 Å². The van der Waals surface area contributed by atoms with E-state index < -0.39 is 0 Å². The maximum atomic E-state index is 5.74. The second-order valence-electron chi connectivity index (χ2n) is 6.67. The summed E-state index contributed by atoms with van der Waals surface area (Å²) in [6, 6.07) is 5.85. The Hall–Kier alpha value is -1.26. The predicted octanol–water partition coefficient (Wildman–Crippen LogP) is 2.77. The maximum Gasteiger partial charge on any atom is 0.193 e. The minimum absolute atomic E-state index is 0. The molecular weight excluding hydrogens is 473 g/mol. The summed E-state index contributed by atoms with van der Waals surface area (Å²) in [5.74, 6) is 3.00. The molecule has 7 nitrogen and oxygen atoms in total. The maximum absolute atomic E-state index is 5.74. The van der Waals surface area contributed by atoms with Gasteiger partial charge in [0.2, 0.25) is 0 Å². The van der Waals surface area contributed by atoms with Crippen LogP contribution in [0.3, 0.4) is 0 Å². The van der Waals surface area contributed by atoms with Crippen molar-refractivity contribution in [3.63, 3.8) is 0 Å².